The topological polar surface area (TPSA) is 44.5 Å². The molecular weight excluding hydrogens is 327 g/mol. The maximum Gasteiger partial charge on any atom is 0.491 e. The van der Waals surface area contributed by atoms with E-state index in [4.69, 9.17) is 38.2 Å². The second kappa shape index (κ2) is 6.14. The molecule has 120 valence electrons. The smallest absolute Gasteiger partial charge is 0.400 e. The van der Waals surface area contributed by atoms with Gasteiger partial charge in [-0.1, -0.05) is 29.3 Å². The number of halogens is 3. The van der Waals surface area contributed by atoms with Crippen molar-refractivity contribution in [3.05, 3.63) is 39.0 Å². The Labute approximate surface area is 140 Å². The molecule has 1 saturated heterocycles. The highest BCUT2D eigenvalue weighted by Gasteiger charge is 2.52. The van der Waals surface area contributed by atoms with E-state index in [0.29, 0.717) is 11.0 Å². The maximum atomic E-state index is 13.7. The van der Waals surface area contributed by atoms with Crippen LogP contribution in [-0.4, -0.2) is 24.9 Å². The van der Waals surface area contributed by atoms with E-state index < -0.39 is 24.1 Å². The fraction of sp³-hybridized carbons (Fsp3) is 0.467. The molecule has 7 heteroatoms. The summed E-state index contributed by atoms with van der Waals surface area (Å²) in [6, 6.07) is 2.74. The van der Waals surface area contributed by atoms with Gasteiger partial charge in [0.1, 0.15) is 5.82 Å². The van der Waals surface area contributed by atoms with Gasteiger partial charge in [-0.3, -0.25) is 0 Å². The average molecular weight is 346 g/mol. The molecule has 22 heavy (non-hydrogen) atoms. The minimum Gasteiger partial charge on any atom is -0.400 e. The second-order valence-corrected chi connectivity index (χ2v) is 7.12. The number of nitrogens with two attached hydrogens (primary N) is 1. The van der Waals surface area contributed by atoms with Crippen LogP contribution in [0.1, 0.15) is 33.3 Å². The van der Waals surface area contributed by atoms with E-state index in [2.05, 4.69) is 0 Å². The van der Waals surface area contributed by atoms with Gasteiger partial charge in [0.15, 0.2) is 0 Å². The van der Waals surface area contributed by atoms with Crippen LogP contribution in [0.5, 0.6) is 0 Å². The Balaban J connectivity index is 2.38. The van der Waals surface area contributed by atoms with Gasteiger partial charge in [-0.2, -0.15) is 0 Å². The third-order valence-electron chi connectivity index (χ3n) is 4.15. The Bertz CT molecular complexity index is 604. The van der Waals surface area contributed by atoms with Crippen molar-refractivity contribution in [1.82, 2.24) is 0 Å². The van der Waals surface area contributed by atoms with Crippen LogP contribution in [0.15, 0.2) is 17.6 Å². The molecule has 2 rings (SSSR count). The molecule has 1 aromatic carbocycles. The van der Waals surface area contributed by atoms with Gasteiger partial charge >= 0.3 is 7.12 Å². The molecule has 1 aliphatic heterocycles. The molecule has 0 unspecified atom stereocenters. The molecule has 0 aliphatic carbocycles. The normalized spacial score (nSPS) is 20.5. The summed E-state index contributed by atoms with van der Waals surface area (Å²) in [4.78, 5) is 0. The largest absolute Gasteiger partial charge is 0.491 e. The first-order valence-electron chi connectivity index (χ1n) is 6.98. The molecular formula is C15H19BCl2FNO2. The third kappa shape index (κ3) is 3.34. The van der Waals surface area contributed by atoms with Crippen LogP contribution >= 0.6 is 23.2 Å². The van der Waals surface area contributed by atoms with Crippen LogP contribution in [0, 0.1) is 5.82 Å². The van der Waals surface area contributed by atoms with Crippen molar-refractivity contribution in [2.45, 2.75) is 38.9 Å². The van der Waals surface area contributed by atoms with Crippen molar-refractivity contribution in [2.75, 3.05) is 6.54 Å². The highest BCUT2D eigenvalue weighted by atomic mass is 35.5. The van der Waals surface area contributed by atoms with E-state index in [-0.39, 0.29) is 16.6 Å². The zero-order chi connectivity index (χ0) is 16.7. The molecule has 1 heterocycles. The van der Waals surface area contributed by atoms with Crippen LogP contribution in [0.2, 0.25) is 10.0 Å². The van der Waals surface area contributed by atoms with Gasteiger partial charge in [0, 0.05) is 11.6 Å². The van der Waals surface area contributed by atoms with Crippen molar-refractivity contribution in [1.29, 1.82) is 0 Å². The molecule has 1 aromatic rings. The molecule has 2 N–H and O–H groups in total. The van der Waals surface area contributed by atoms with Crippen molar-refractivity contribution in [3.63, 3.8) is 0 Å². The van der Waals surface area contributed by atoms with Crippen LogP contribution in [-0.2, 0) is 9.31 Å². The minimum atomic E-state index is -0.604. The summed E-state index contributed by atoms with van der Waals surface area (Å²) in [7, 11) is -0.604. The van der Waals surface area contributed by atoms with Crippen molar-refractivity contribution in [3.8, 4) is 0 Å². The summed E-state index contributed by atoms with van der Waals surface area (Å²) in [6.45, 7) is 8.00. The lowest BCUT2D eigenvalue weighted by atomic mass is 9.77. The van der Waals surface area contributed by atoms with Crippen LogP contribution < -0.4 is 5.73 Å². The van der Waals surface area contributed by atoms with Crippen molar-refractivity contribution >= 4 is 36.4 Å². The zero-order valence-electron chi connectivity index (χ0n) is 13.0. The first-order chi connectivity index (χ1) is 10.1. The Morgan fingerprint density at radius 3 is 2.27 bits per heavy atom. The number of rotatable bonds is 3. The Hall–Kier alpha value is -0.585. The molecule has 3 nitrogen and oxygen atoms in total. The SMILES string of the molecule is CC1(C)OB(C(=Cc2cc(Cl)cc(F)c2Cl)CN)OC1(C)C. The molecule has 0 radical (unpaired) electrons. The van der Waals surface area contributed by atoms with Crippen molar-refractivity contribution in [2.24, 2.45) is 5.73 Å². The molecule has 1 fully saturated rings. The predicted molar refractivity (Wildman–Crippen MR) is 89.5 cm³/mol. The number of hydrogen-bond donors (Lipinski definition) is 1. The predicted octanol–water partition coefficient (Wildman–Crippen LogP) is 4.11. The third-order valence-corrected chi connectivity index (χ3v) is 4.77. The van der Waals surface area contributed by atoms with Crippen molar-refractivity contribution < 1.29 is 13.7 Å². The lowest BCUT2D eigenvalue weighted by molar-refractivity contribution is 0.00578. The fourth-order valence-electron chi connectivity index (χ4n) is 2.10. The summed E-state index contributed by atoms with van der Waals surface area (Å²) >= 11 is 11.9. The monoisotopic (exact) mass is 345 g/mol. The molecule has 0 atom stereocenters. The van der Waals surface area contributed by atoms with E-state index in [1.807, 2.05) is 27.7 Å². The fourth-order valence-corrected chi connectivity index (χ4v) is 2.48. The summed E-state index contributed by atoms with van der Waals surface area (Å²) < 4.78 is 25.6. The second-order valence-electron chi connectivity index (χ2n) is 6.30. The quantitative estimate of drug-likeness (QED) is 0.662. The summed E-state index contributed by atoms with van der Waals surface area (Å²) in [5, 5.41) is 0.255. The molecule has 1 aliphatic rings. The van der Waals surface area contributed by atoms with Gasteiger partial charge < -0.3 is 15.0 Å². The number of benzene rings is 1. The molecule has 0 saturated carbocycles. The first kappa shape index (κ1) is 17.8. The first-order valence-corrected chi connectivity index (χ1v) is 7.74. The minimum absolute atomic E-state index is 0.00753. The summed E-state index contributed by atoms with van der Waals surface area (Å²) in [6.07, 6.45) is 1.67. The van der Waals surface area contributed by atoms with Crippen LogP contribution in [0.3, 0.4) is 0 Å². The van der Waals surface area contributed by atoms with Gasteiger partial charge in [0.25, 0.3) is 0 Å². The standard InChI is InChI=1S/C15H19BCl2FNO2/c1-14(2)15(3,4)22-16(21-14)10(8-20)5-9-6-11(17)7-12(19)13(9)18/h5-7H,8,20H2,1-4H3. The highest BCUT2D eigenvalue weighted by molar-refractivity contribution is 6.56. The number of hydrogen-bond acceptors (Lipinski definition) is 3. The molecule has 0 spiro atoms. The molecule has 0 aromatic heterocycles. The summed E-state index contributed by atoms with van der Waals surface area (Å²) in [5.74, 6) is -0.578. The average Bonchev–Trinajstić information content (AvgIpc) is 2.60. The van der Waals surface area contributed by atoms with Gasteiger partial charge in [0.05, 0.1) is 16.2 Å². The molecule has 0 amide bonds. The van der Waals surface area contributed by atoms with Gasteiger partial charge in [0.2, 0.25) is 0 Å². The lowest BCUT2D eigenvalue weighted by Crippen LogP contribution is -2.41. The van der Waals surface area contributed by atoms with Gasteiger partial charge in [-0.25, -0.2) is 4.39 Å². The summed E-state index contributed by atoms with van der Waals surface area (Å²) in [5.41, 5.74) is 5.97. The zero-order valence-corrected chi connectivity index (χ0v) is 14.6. The van der Waals surface area contributed by atoms with E-state index >= 15 is 0 Å². The van der Waals surface area contributed by atoms with E-state index in [0.717, 1.165) is 6.07 Å². The van der Waals surface area contributed by atoms with Gasteiger partial charge in [-0.15, -0.1) is 0 Å². The Morgan fingerprint density at radius 1 is 1.23 bits per heavy atom. The maximum absolute atomic E-state index is 13.7. The molecule has 0 bridgehead atoms. The van der Waals surface area contributed by atoms with E-state index in [9.17, 15) is 4.39 Å². The van der Waals surface area contributed by atoms with E-state index in [1.54, 1.807) is 12.1 Å². The highest BCUT2D eigenvalue weighted by Crippen LogP contribution is 2.39. The Kier molecular flexibility index (Phi) is 4.95. The van der Waals surface area contributed by atoms with Crippen LogP contribution in [0.4, 0.5) is 4.39 Å². The Morgan fingerprint density at radius 2 is 1.77 bits per heavy atom. The van der Waals surface area contributed by atoms with E-state index in [1.165, 1.54) is 0 Å². The lowest BCUT2D eigenvalue weighted by Gasteiger charge is -2.32. The van der Waals surface area contributed by atoms with Gasteiger partial charge in [-0.05, 0) is 50.9 Å². The van der Waals surface area contributed by atoms with Crippen LogP contribution in [0.25, 0.3) is 6.08 Å².